The first-order valence-corrected chi connectivity index (χ1v) is 10.4. The van der Waals surface area contributed by atoms with E-state index in [0.717, 1.165) is 30.4 Å². The second-order valence-corrected chi connectivity index (χ2v) is 8.11. The Morgan fingerprint density at radius 3 is 1.93 bits per heavy atom. The summed E-state index contributed by atoms with van der Waals surface area (Å²) in [5, 5.41) is 8.93. The van der Waals surface area contributed by atoms with Crippen molar-refractivity contribution in [3.05, 3.63) is 101 Å². The van der Waals surface area contributed by atoms with Gasteiger partial charge in [0, 0.05) is 12.6 Å². The summed E-state index contributed by atoms with van der Waals surface area (Å²) in [5.41, 5.74) is 8.05. The molecule has 0 fully saturated rings. The van der Waals surface area contributed by atoms with Crippen molar-refractivity contribution in [3.63, 3.8) is 0 Å². The van der Waals surface area contributed by atoms with E-state index < -0.39 is 0 Å². The Balaban J connectivity index is 1.65. The maximum Gasteiger partial charge on any atom is 0.203 e. The second-order valence-electron chi connectivity index (χ2n) is 8.11. The third-order valence-corrected chi connectivity index (χ3v) is 5.75. The molecular formula is C26H29N3. The van der Waals surface area contributed by atoms with Crippen LogP contribution in [0.15, 0.2) is 72.8 Å². The lowest BCUT2D eigenvalue weighted by molar-refractivity contribution is 0.507. The van der Waals surface area contributed by atoms with Crippen LogP contribution in [0.25, 0.3) is 11.0 Å². The highest BCUT2D eigenvalue weighted by Gasteiger charge is 2.15. The Morgan fingerprint density at radius 2 is 1.31 bits per heavy atom. The van der Waals surface area contributed by atoms with Crippen molar-refractivity contribution in [3.8, 4) is 0 Å². The summed E-state index contributed by atoms with van der Waals surface area (Å²) in [5.74, 6) is 0. The lowest BCUT2D eigenvalue weighted by Crippen LogP contribution is -2.28. The molecule has 3 heteroatoms. The van der Waals surface area contributed by atoms with Gasteiger partial charge in [0.05, 0.1) is 11.0 Å². The fourth-order valence-electron chi connectivity index (χ4n) is 4.08. The first-order valence-electron chi connectivity index (χ1n) is 10.4. The van der Waals surface area contributed by atoms with E-state index in [0.29, 0.717) is 5.62 Å². The molecule has 0 bridgehead atoms. The minimum atomic E-state index is 0.218. The van der Waals surface area contributed by atoms with Crippen LogP contribution < -0.4 is 5.62 Å². The molecule has 0 aliphatic rings. The van der Waals surface area contributed by atoms with Gasteiger partial charge >= 0.3 is 0 Å². The molecule has 3 aromatic carbocycles. The minimum absolute atomic E-state index is 0.218. The molecule has 1 N–H and O–H groups in total. The van der Waals surface area contributed by atoms with Gasteiger partial charge in [-0.3, -0.25) is 5.41 Å². The zero-order valence-corrected chi connectivity index (χ0v) is 17.5. The zero-order chi connectivity index (χ0) is 20.4. The lowest BCUT2D eigenvalue weighted by atomic mass is 10.1. The van der Waals surface area contributed by atoms with Crippen LogP contribution in [0.3, 0.4) is 0 Å². The third kappa shape index (κ3) is 4.04. The zero-order valence-electron chi connectivity index (χ0n) is 17.5. The predicted molar refractivity (Wildman–Crippen MR) is 120 cm³/mol. The molecule has 0 aliphatic carbocycles. The summed E-state index contributed by atoms with van der Waals surface area (Å²) >= 11 is 0. The second kappa shape index (κ2) is 8.12. The van der Waals surface area contributed by atoms with Gasteiger partial charge in [0.1, 0.15) is 0 Å². The molecule has 4 aromatic rings. The van der Waals surface area contributed by atoms with E-state index in [1.165, 1.54) is 22.3 Å². The highest BCUT2D eigenvalue weighted by Crippen LogP contribution is 2.21. The molecule has 4 rings (SSSR count). The molecule has 0 spiro atoms. The van der Waals surface area contributed by atoms with Gasteiger partial charge in [0.2, 0.25) is 5.62 Å². The van der Waals surface area contributed by atoms with Gasteiger partial charge in [0.25, 0.3) is 0 Å². The first kappa shape index (κ1) is 19.3. The Hall–Kier alpha value is -3.07. The number of aryl methyl sites for hydroxylation is 4. The highest BCUT2D eigenvalue weighted by atomic mass is 15.2. The number of rotatable bonds is 6. The van der Waals surface area contributed by atoms with E-state index in [2.05, 4.69) is 103 Å². The van der Waals surface area contributed by atoms with Crippen molar-refractivity contribution in [2.45, 2.75) is 46.2 Å². The van der Waals surface area contributed by atoms with Crippen LogP contribution in [0, 0.1) is 19.3 Å². The SMILES string of the molecule is Cc1ccc(CCn2c(=N)n(C(C)Cc3ccc(C)cc3)c3ccccc32)cc1. The van der Waals surface area contributed by atoms with E-state index in [-0.39, 0.29) is 6.04 Å². The van der Waals surface area contributed by atoms with Crippen molar-refractivity contribution >= 4 is 11.0 Å². The van der Waals surface area contributed by atoms with Gasteiger partial charge in [-0.2, -0.15) is 0 Å². The van der Waals surface area contributed by atoms with Crippen LogP contribution in [0.5, 0.6) is 0 Å². The maximum atomic E-state index is 8.93. The molecular weight excluding hydrogens is 354 g/mol. The van der Waals surface area contributed by atoms with Crippen LogP contribution in [-0.4, -0.2) is 9.13 Å². The van der Waals surface area contributed by atoms with Crippen LogP contribution in [0.1, 0.15) is 35.2 Å². The standard InChI is InChI=1S/C26H29N3/c1-19-8-12-22(13-9-19)16-17-28-24-6-4-5-7-25(24)29(26(28)27)21(3)18-23-14-10-20(2)11-15-23/h4-15,21,27H,16-18H2,1-3H3. The summed E-state index contributed by atoms with van der Waals surface area (Å²) in [6.07, 6.45) is 1.85. The summed E-state index contributed by atoms with van der Waals surface area (Å²) < 4.78 is 4.34. The van der Waals surface area contributed by atoms with Crippen LogP contribution >= 0.6 is 0 Å². The molecule has 29 heavy (non-hydrogen) atoms. The predicted octanol–water partition coefficient (Wildman–Crippen LogP) is 5.59. The van der Waals surface area contributed by atoms with Crippen LogP contribution in [-0.2, 0) is 19.4 Å². The monoisotopic (exact) mass is 383 g/mol. The fraction of sp³-hybridized carbons (Fsp3) is 0.269. The molecule has 1 unspecified atom stereocenters. The fourth-order valence-corrected chi connectivity index (χ4v) is 4.08. The molecule has 0 saturated heterocycles. The Kier molecular flexibility index (Phi) is 5.39. The molecule has 0 amide bonds. The quantitative estimate of drug-likeness (QED) is 0.451. The number of benzene rings is 3. The third-order valence-electron chi connectivity index (χ3n) is 5.75. The van der Waals surface area contributed by atoms with Gasteiger partial charge in [-0.25, -0.2) is 0 Å². The van der Waals surface area contributed by atoms with Crippen LogP contribution in [0.2, 0.25) is 0 Å². The Labute approximate surface area is 172 Å². The van der Waals surface area contributed by atoms with Crippen molar-refractivity contribution in [1.29, 1.82) is 5.41 Å². The number of fused-ring (bicyclic) bond motifs is 1. The summed E-state index contributed by atoms with van der Waals surface area (Å²) in [6.45, 7) is 7.26. The number of para-hydroxylation sites is 2. The lowest BCUT2D eigenvalue weighted by Gasteiger charge is -2.15. The van der Waals surface area contributed by atoms with E-state index in [9.17, 15) is 0 Å². The van der Waals surface area contributed by atoms with E-state index in [4.69, 9.17) is 5.41 Å². The number of hydrogen-bond acceptors (Lipinski definition) is 1. The van der Waals surface area contributed by atoms with Gasteiger partial charge in [-0.05, 0) is 56.9 Å². The number of hydrogen-bond donors (Lipinski definition) is 1. The summed E-state index contributed by atoms with van der Waals surface area (Å²) in [7, 11) is 0. The number of nitrogens with zero attached hydrogens (tertiary/aromatic N) is 2. The van der Waals surface area contributed by atoms with E-state index in [1.54, 1.807) is 0 Å². The molecule has 1 heterocycles. The topological polar surface area (TPSA) is 33.7 Å². The normalized spacial score (nSPS) is 12.4. The number of aromatic nitrogens is 2. The molecule has 0 aliphatic heterocycles. The Bertz CT molecular complexity index is 1160. The van der Waals surface area contributed by atoms with Gasteiger partial charge in [0.15, 0.2) is 0 Å². The average molecular weight is 384 g/mol. The minimum Gasteiger partial charge on any atom is -0.310 e. The smallest absolute Gasteiger partial charge is 0.203 e. The van der Waals surface area contributed by atoms with Gasteiger partial charge in [-0.15, -0.1) is 0 Å². The average Bonchev–Trinajstić information content (AvgIpc) is 3.00. The maximum absolute atomic E-state index is 8.93. The summed E-state index contributed by atoms with van der Waals surface area (Å²) in [6, 6.07) is 26.1. The van der Waals surface area contributed by atoms with Crippen molar-refractivity contribution < 1.29 is 0 Å². The molecule has 0 radical (unpaired) electrons. The van der Waals surface area contributed by atoms with Crippen LogP contribution in [0.4, 0.5) is 0 Å². The van der Waals surface area contributed by atoms with Crippen molar-refractivity contribution in [1.82, 2.24) is 9.13 Å². The van der Waals surface area contributed by atoms with Crippen molar-refractivity contribution in [2.24, 2.45) is 0 Å². The molecule has 1 aromatic heterocycles. The summed E-state index contributed by atoms with van der Waals surface area (Å²) in [4.78, 5) is 0. The molecule has 0 saturated carbocycles. The molecule has 1 atom stereocenters. The molecule has 148 valence electrons. The van der Waals surface area contributed by atoms with E-state index >= 15 is 0 Å². The highest BCUT2D eigenvalue weighted by molar-refractivity contribution is 5.76. The number of imidazole rings is 1. The van der Waals surface area contributed by atoms with Crippen molar-refractivity contribution in [2.75, 3.05) is 0 Å². The van der Waals surface area contributed by atoms with Gasteiger partial charge in [-0.1, -0.05) is 71.8 Å². The van der Waals surface area contributed by atoms with Gasteiger partial charge < -0.3 is 9.13 Å². The largest absolute Gasteiger partial charge is 0.310 e. The Morgan fingerprint density at radius 1 is 0.759 bits per heavy atom. The number of nitrogens with one attached hydrogen (secondary N) is 1. The van der Waals surface area contributed by atoms with E-state index in [1.807, 2.05) is 0 Å². The first-order chi connectivity index (χ1) is 14.0. The molecule has 3 nitrogen and oxygen atoms in total.